The van der Waals surface area contributed by atoms with Crippen LogP contribution in [0.15, 0.2) is 24.3 Å². The predicted molar refractivity (Wildman–Crippen MR) is 83.5 cm³/mol. The van der Waals surface area contributed by atoms with E-state index in [1.165, 1.54) is 43.1 Å². The molecular weight excluding hydrogens is 333 g/mol. The summed E-state index contributed by atoms with van der Waals surface area (Å²) in [5, 5.41) is 2.55. The van der Waals surface area contributed by atoms with Gasteiger partial charge in [-0.2, -0.15) is 0 Å². The third kappa shape index (κ3) is 4.75. The van der Waals surface area contributed by atoms with Gasteiger partial charge in [-0.1, -0.05) is 12.1 Å². The van der Waals surface area contributed by atoms with Crippen LogP contribution in [0.5, 0.6) is 0 Å². The molecule has 2 rings (SSSR count). The number of rotatable bonds is 6. The monoisotopic (exact) mass is 351 g/mol. The molecule has 8 nitrogen and oxygen atoms in total. The van der Waals surface area contributed by atoms with E-state index in [4.69, 9.17) is 4.74 Å². The van der Waals surface area contributed by atoms with Gasteiger partial charge >= 0.3 is 12.0 Å². The number of carbonyl (C=O) groups is 4. The maximum atomic E-state index is 12.8. The van der Waals surface area contributed by atoms with Gasteiger partial charge in [-0.25, -0.2) is 9.18 Å². The van der Waals surface area contributed by atoms with Crippen molar-refractivity contribution in [2.45, 2.75) is 19.6 Å². The number of ether oxygens (including phenoxy) is 1. The minimum absolute atomic E-state index is 0.0974. The van der Waals surface area contributed by atoms with Crippen LogP contribution in [-0.2, 0) is 25.7 Å². The molecule has 1 atom stereocenters. The smallest absolute Gasteiger partial charge is 0.327 e. The summed E-state index contributed by atoms with van der Waals surface area (Å²) in [4.78, 5) is 48.9. The fourth-order valence-electron chi connectivity index (χ4n) is 2.18. The van der Waals surface area contributed by atoms with Gasteiger partial charge in [0.25, 0.3) is 11.8 Å². The number of halogens is 1. The number of esters is 1. The zero-order valence-electron chi connectivity index (χ0n) is 13.8. The highest BCUT2D eigenvalue weighted by Crippen LogP contribution is 2.08. The van der Waals surface area contributed by atoms with Crippen LogP contribution >= 0.6 is 0 Å². The van der Waals surface area contributed by atoms with Crippen molar-refractivity contribution >= 4 is 23.8 Å². The van der Waals surface area contributed by atoms with E-state index in [0.29, 0.717) is 5.56 Å². The SMILES string of the molecule is C[C@@H](OC(=O)CN1C(=O)CN(C)C1=O)C(=O)NCc1ccc(F)cc1. The van der Waals surface area contributed by atoms with Gasteiger partial charge in [-0.05, 0) is 24.6 Å². The van der Waals surface area contributed by atoms with Crippen LogP contribution in [0, 0.1) is 5.82 Å². The first-order valence-corrected chi connectivity index (χ1v) is 7.55. The number of amides is 4. The molecular formula is C16H18FN3O5. The summed E-state index contributed by atoms with van der Waals surface area (Å²) in [5.74, 6) is -2.29. The number of hydrogen-bond acceptors (Lipinski definition) is 5. The van der Waals surface area contributed by atoms with Crippen LogP contribution < -0.4 is 5.32 Å². The summed E-state index contributed by atoms with van der Waals surface area (Å²) in [5.41, 5.74) is 0.685. The highest BCUT2D eigenvalue weighted by Gasteiger charge is 2.35. The Kier molecular flexibility index (Phi) is 5.68. The lowest BCUT2D eigenvalue weighted by Gasteiger charge is -2.16. The molecule has 1 aliphatic heterocycles. The molecule has 25 heavy (non-hydrogen) atoms. The van der Waals surface area contributed by atoms with Gasteiger partial charge in [0.2, 0.25) is 0 Å². The third-order valence-electron chi connectivity index (χ3n) is 3.58. The zero-order valence-corrected chi connectivity index (χ0v) is 13.8. The number of benzene rings is 1. The Morgan fingerprint density at radius 2 is 1.92 bits per heavy atom. The minimum atomic E-state index is -1.10. The number of hydrogen-bond donors (Lipinski definition) is 1. The van der Waals surface area contributed by atoms with Crippen molar-refractivity contribution < 1.29 is 28.3 Å². The van der Waals surface area contributed by atoms with Crippen molar-refractivity contribution in [3.8, 4) is 0 Å². The van der Waals surface area contributed by atoms with E-state index in [9.17, 15) is 23.6 Å². The number of nitrogens with zero attached hydrogens (tertiary/aromatic N) is 2. The Morgan fingerprint density at radius 1 is 1.28 bits per heavy atom. The predicted octanol–water partition coefficient (Wildman–Crippen LogP) is 0.268. The van der Waals surface area contributed by atoms with Crippen LogP contribution in [0.2, 0.25) is 0 Å². The summed E-state index contributed by atoms with van der Waals surface area (Å²) < 4.78 is 17.7. The Labute approximate surface area is 143 Å². The summed E-state index contributed by atoms with van der Waals surface area (Å²) >= 11 is 0. The topological polar surface area (TPSA) is 96.0 Å². The number of likely N-dealkylation sites (N-methyl/N-ethyl adjacent to an activating group) is 1. The molecule has 1 saturated heterocycles. The van der Waals surface area contributed by atoms with E-state index in [2.05, 4.69) is 5.32 Å². The van der Waals surface area contributed by atoms with Crippen molar-refractivity contribution in [2.24, 2.45) is 0 Å². The molecule has 0 bridgehead atoms. The van der Waals surface area contributed by atoms with Crippen molar-refractivity contribution in [3.63, 3.8) is 0 Å². The second-order valence-corrected chi connectivity index (χ2v) is 5.59. The van der Waals surface area contributed by atoms with Crippen molar-refractivity contribution in [1.82, 2.24) is 15.1 Å². The van der Waals surface area contributed by atoms with E-state index < -0.39 is 36.5 Å². The maximum absolute atomic E-state index is 12.8. The van der Waals surface area contributed by atoms with Crippen molar-refractivity contribution in [1.29, 1.82) is 0 Å². The molecule has 4 amide bonds. The normalized spacial score (nSPS) is 15.3. The Bertz CT molecular complexity index is 692. The second kappa shape index (κ2) is 7.73. The highest BCUT2D eigenvalue weighted by molar-refractivity contribution is 6.04. The quantitative estimate of drug-likeness (QED) is 0.586. The number of urea groups is 1. The van der Waals surface area contributed by atoms with Crippen LogP contribution in [0.1, 0.15) is 12.5 Å². The molecule has 1 heterocycles. The van der Waals surface area contributed by atoms with E-state index in [-0.39, 0.29) is 18.9 Å². The van der Waals surface area contributed by atoms with Crippen LogP contribution in [0.3, 0.4) is 0 Å². The lowest BCUT2D eigenvalue weighted by Crippen LogP contribution is -2.40. The minimum Gasteiger partial charge on any atom is -0.451 e. The summed E-state index contributed by atoms with van der Waals surface area (Å²) in [7, 11) is 1.44. The molecule has 0 radical (unpaired) electrons. The maximum Gasteiger partial charge on any atom is 0.327 e. The van der Waals surface area contributed by atoms with E-state index in [1.54, 1.807) is 0 Å². The lowest BCUT2D eigenvalue weighted by atomic mass is 10.2. The molecule has 0 spiro atoms. The standard InChI is InChI=1S/C16H18FN3O5/c1-10(15(23)18-7-11-3-5-12(17)6-4-11)25-14(22)9-20-13(21)8-19(2)16(20)24/h3-6,10H,7-9H2,1-2H3,(H,18,23)/t10-/m1/s1. The first kappa shape index (κ1) is 18.4. The summed E-state index contributed by atoms with van der Waals surface area (Å²) in [6.07, 6.45) is -1.10. The molecule has 0 unspecified atom stereocenters. The van der Waals surface area contributed by atoms with Gasteiger partial charge in [-0.3, -0.25) is 19.3 Å². The first-order valence-electron chi connectivity index (χ1n) is 7.55. The van der Waals surface area contributed by atoms with Gasteiger partial charge < -0.3 is 15.0 Å². The van der Waals surface area contributed by atoms with Crippen molar-refractivity contribution in [2.75, 3.05) is 20.1 Å². The van der Waals surface area contributed by atoms with E-state index in [0.717, 1.165) is 4.90 Å². The Balaban J connectivity index is 1.80. The molecule has 134 valence electrons. The fourth-order valence-corrected chi connectivity index (χ4v) is 2.18. The second-order valence-electron chi connectivity index (χ2n) is 5.59. The van der Waals surface area contributed by atoms with Gasteiger partial charge in [0, 0.05) is 13.6 Å². The van der Waals surface area contributed by atoms with Crippen LogP contribution in [-0.4, -0.2) is 59.9 Å². The van der Waals surface area contributed by atoms with Gasteiger partial charge in [0.05, 0.1) is 0 Å². The van der Waals surface area contributed by atoms with E-state index in [1.807, 2.05) is 0 Å². The third-order valence-corrected chi connectivity index (χ3v) is 3.58. The summed E-state index contributed by atoms with van der Waals surface area (Å²) in [6.45, 7) is 0.879. The van der Waals surface area contributed by atoms with Crippen LogP contribution in [0.4, 0.5) is 9.18 Å². The lowest BCUT2D eigenvalue weighted by molar-refractivity contribution is -0.156. The molecule has 9 heteroatoms. The fraction of sp³-hybridized carbons (Fsp3) is 0.375. The average Bonchev–Trinajstić information content (AvgIpc) is 2.80. The largest absolute Gasteiger partial charge is 0.451 e. The molecule has 1 N–H and O–H groups in total. The average molecular weight is 351 g/mol. The van der Waals surface area contributed by atoms with E-state index >= 15 is 0 Å². The molecule has 1 fully saturated rings. The summed E-state index contributed by atoms with van der Waals surface area (Å²) in [6, 6.07) is 4.99. The highest BCUT2D eigenvalue weighted by atomic mass is 19.1. The molecule has 0 aromatic heterocycles. The number of carbonyl (C=O) groups excluding carboxylic acids is 4. The molecule has 0 aliphatic carbocycles. The molecule has 0 saturated carbocycles. The Morgan fingerprint density at radius 3 is 2.48 bits per heavy atom. The number of nitrogens with one attached hydrogen (secondary N) is 1. The van der Waals surface area contributed by atoms with Gasteiger partial charge in [-0.15, -0.1) is 0 Å². The van der Waals surface area contributed by atoms with Gasteiger partial charge in [0.1, 0.15) is 18.9 Å². The molecule has 1 aromatic rings. The van der Waals surface area contributed by atoms with Crippen molar-refractivity contribution in [3.05, 3.63) is 35.6 Å². The Hall–Kier alpha value is -2.97. The zero-order chi connectivity index (χ0) is 18.6. The molecule has 1 aliphatic rings. The van der Waals surface area contributed by atoms with Gasteiger partial charge in [0.15, 0.2) is 6.10 Å². The van der Waals surface area contributed by atoms with Crippen LogP contribution in [0.25, 0.3) is 0 Å². The molecule has 1 aromatic carbocycles. The first-order chi connectivity index (χ1) is 11.8. The number of imide groups is 1.